The number of oxazole rings is 1. The van der Waals surface area contributed by atoms with Crippen LogP contribution >= 0.6 is 11.6 Å². The van der Waals surface area contributed by atoms with Crippen LogP contribution in [0.1, 0.15) is 6.92 Å². The first-order chi connectivity index (χ1) is 14.3. The molecule has 1 aliphatic rings. The van der Waals surface area contributed by atoms with Gasteiger partial charge in [0.25, 0.3) is 0 Å². The van der Waals surface area contributed by atoms with E-state index in [0.29, 0.717) is 42.2 Å². The zero-order valence-corrected chi connectivity index (χ0v) is 16.7. The van der Waals surface area contributed by atoms with E-state index in [1.54, 1.807) is 11.0 Å². The summed E-state index contributed by atoms with van der Waals surface area (Å²) < 4.78 is 32.5. The van der Waals surface area contributed by atoms with Crippen LogP contribution in [-0.4, -0.2) is 53.0 Å². The fraction of sp³-hybridized carbons (Fsp3) is 0.316. The number of carbonyl (C=O) groups is 1. The highest BCUT2D eigenvalue weighted by Crippen LogP contribution is 2.27. The van der Waals surface area contributed by atoms with E-state index < -0.39 is 22.4 Å². The lowest BCUT2D eigenvalue weighted by atomic mass is 10.1. The molecule has 0 saturated carbocycles. The number of nitrogens with one attached hydrogen (secondary N) is 2. The average Bonchev–Trinajstić information content (AvgIpc) is 3.09. The molecule has 1 amide bonds. The van der Waals surface area contributed by atoms with Crippen molar-refractivity contribution in [3.05, 3.63) is 51.6 Å². The lowest BCUT2D eigenvalue weighted by molar-refractivity contribution is -0.131. The van der Waals surface area contributed by atoms with Crippen molar-refractivity contribution in [2.45, 2.75) is 13.0 Å². The summed E-state index contributed by atoms with van der Waals surface area (Å²) in [5.41, 5.74) is 1.55. The van der Waals surface area contributed by atoms with Gasteiger partial charge in [0.1, 0.15) is 16.7 Å². The molecule has 0 aliphatic carbocycles. The van der Waals surface area contributed by atoms with E-state index in [4.69, 9.17) is 16.0 Å². The molecule has 1 aromatic carbocycles. The number of fused-ring (bicyclic) bond motifs is 1. The number of carbonyl (C=O) groups excluding carboxylic acids is 1. The fourth-order valence-corrected chi connectivity index (χ4v) is 3.61. The monoisotopic (exact) mass is 437 g/mol. The molecule has 1 fully saturated rings. The molecular formula is C19H18ClF2N5O3. The van der Waals surface area contributed by atoms with Crippen LogP contribution in [0.15, 0.2) is 33.6 Å². The fourth-order valence-electron chi connectivity index (χ4n) is 3.50. The van der Waals surface area contributed by atoms with Gasteiger partial charge in [0.15, 0.2) is 11.2 Å². The minimum Gasteiger partial charge on any atom is -0.406 e. The molecule has 0 bridgehead atoms. The van der Waals surface area contributed by atoms with E-state index >= 15 is 0 Å². The van der Waals surface area contributed by atoms with Crippen LogP contribution in [0.4, 0.5) is 20.2 Å². The Morgan fingerprint density at radius 3 is 2.77 bits per heavy atom. The number of hydrogen-bond acceptors (Lipinski definition) is 6. The Kier molecular flexibility index (Phi) is 5.33. The van der Waals surface area contributed by atoms with Crippen molar-refractivity contribution in [3.63, 3.8) is 0 Å². The molecule has 11 heteroatoms. The van der Waals surface area contributed by atoms with Gasteiger partial charge in [-0.2, -0.15) is 0 Å². The predicted octanol–water partition coefficient (Wildman–Crippen LogP) is 2.60. The molecule has 3 aromatic rings. The van der Waals surface area contributed by atoms with Gasteiger partial charge in [0, 0.05) is 37.4 Å². The Morgan fingerprint density at radius 1 is 1.33 bits per heavy atom. The maximum absolute atomic E-state index is 13.8. The van der Waals surface area contributed by atoms with Crippen LogP contribution < -0.4 is 16.0 Å². The van der Waals surface area contributed by atoms with Gasteiger partial charge in [-0.05, 0) is 19.1 Å². The van der Waals surface area contributed by atoms with Crippen molar-refractivity contribution in [3.8, 4) is 0 Å². The van der Waals surface area contributed by atoms with Crippen molar-refractivity contribution in [2.75, 3.05) is 36.4 Å². The van der Waals surface area contributed by atoms with Crippen molar-refractivity contribution < 1.29 is 18.0 Å². The number of amides is 1. The molecule has 0 radical (unpaired) electrons. The van der Waals surface area contributed by atoms with Crippen LogP contribution in [-0.2, 0) is 4.79 Å². The molecule has 8 nitrogen and oxygen atoms in total. The largest absolute Gasteiger partial charge is 0.418 e. The van der Waals surface area contributed by atoms with Gasteiger partial charge in [0.05, 0.1) is 18.4 Å². The van der Waals surface area contributed by atoms with Crippen molar-refractivity contribution >= 4 is 40.1 Å². The summed E-state index contributed by atoms with van der Waals surface area (Å²) in [5.74, 6) is -2.36. The predicted molar refractivity (Wildman–Crippen MR) is 108 cm³/mol. The second-order valence-corrected chi connectivity index (χ2v) is 7.42. The number of nitrogens with zero attached hydrogens (tertiary/aromatic N) is 3. The smallest absolute Gasteiger partial charge is 0.406 e. The first-order valence-electron chi connectivity index (χ1n) is 9.23. The summed E-state index contributed by atoms with van der Waals surface area (Å²) in [7, 11) is 0. The van der Waals surface area contributed by atoms with Gasteiger partial charge in [-0.15, -0.1) is 0 Å². The van der Waals surface area contributed by atoms with Gasteiger partial charge >= 0.3 is 5.76 Å². The number of rotatable bonds is 4. The van der Waals surface area contributed by atoms with E-state index in [0.717, 1.165) is 0 Å². The summed E-state index contributed by atoms with van der Waals surface area (Å²) >= 11 is 5.54. The second kappa shape index (κ2) is 7.94. The third-order valence-electron chi connectivity index (χ3n) is 5.00. The quantitative estimate of drug-likeness (QED) is 0.609. The van der Waals surface area contributed by atoms with Gasteiger partial charge < -0.3 is 19.5 Å². The number of halogens is 3. The number of hydrogen-bond donors (Lipinski definition) is 2. The zero-order valence-electron chi connectivity index (χ0n) is 15.9. The van der Waals surface area contributed by atoms with E-state index in [9.17, 15) is 18.4 Å². The van der Waals surface area contributed by atoms with E-state index in [2.05, 4.69) is 15.3 Å². The first kappa shape index (κ1) is 20.1. The van der Waals surface area contributed by atoms with Gasteiger partial charge in [-0.25, -0.2) is 18.6 Å². The number of piperazine rings is 1. The maximum atomic E-state index is 13.8. The Bertz CT molecular complexity index is 1140. The van der Waals surface area contributed by atoms with Crippen LogP contribution in [0.2, 0.25) is 5.02 Å². The summed E-state index contributed by atoms with van der Waals surface area (Å²) in [6.45, 7) is 3.15. The zero-order chi connectivity index (χ0) is 21.4. The molecule has 0 unspecified atom stereocenters. The standard InChI is InChI=1S/C19H18ClF2N5O3/c1-10-9-26(12-5-13(21)17(20)14(22)6-12)2-3-27(10)16(28)8-23-11-4-15-18(24-7-11)25-19(29)30-15/h4-7,10,23H,2-3,8-9H2,1H3,(H,24,25,29)/t10-/m1/s1. The molecule has 0 spiro atoms. The molecule has 30 heavy (non-hydrogen) atoms. The van der Waals surface area contributed by atoms with Crippen LogP contribution in [0.3, 0.4) is 0 Å². The Morgan fingerprint density at radius 2 is 2.07 bits per heavy atom. The Balaban J connectivity index is 1.38. The third kappa shape index (κ3) is 3.95. The van der Waals surface area contributed by atoms with Crippen molar-refractivity contribution in [1.29, 1.82) is 0 Å². The molecule has 1 saturated heterocycles. The summed E-state index contributed by atoms with van der Waals surface area (Å²) in [5, 5.41) is 2.44. The molecule has 4 rings (SSSR count). The normalized spacial score (nSPS) is 16.9. The molecule has 1 aliphatic heterocycles. The molecule has 2 aromatic heterocycles. The highest BCUT2D eigenvalue weighted by molar-refractivity contribution is 6.31. The Hall–Kier alpha value is -3.14. The van der Waals surface area contributed by atoms with E-state index in [1.807, 2.05) is 11.8 Å². The van der Waals surface area contributed by atoms with Gasteiger partial charge in [-0.3, -0.25) is 9.78 Å². The maximum Gasteiger partial charge on any atom is 0.418 e. The second-order valence-electron chi connectivity index (χ2n) is 7.04. The lowest BCUT2D eigenvalue weighted by Crippen LogP contribution is -2.55. The highest BCUT2D eigenvalue weighted by atomic mass is 35.5. The minimum absolute atomic E-state index is 0.0242. The number of aromatic amines is 1. The summed E-state index contributed by atoms with van der Waals surface area (Å²) in [6, 6.07) is 3.80. The minimum atomic E-state index is -0.814. The van der Waals surface area contributed by atoms with Crippen molar-refractivity contribution in [1.82, 2.24) is 14.9 Å². The van der Waals surface area contributed by atoms with Crippen LogP contribution in [0.25, 0.3) is 11.2 Å². The summed E-state index contributed by atoms with van der Waals surface area (Å²) in [6.07, 6.45) is 1.49. The average molecular weight is 438 g/mol. The number of aromatic nitrogens is 2. The summed E-state index contributed by atoms with van der Waals surface area (Å²) in [4.78, 5) is 33.9. The van der Waals surface area contributed by atoms with Gasteiger partial charge in [0.2, 0.25) is 5.91 Å². The number of benzene rings is 1. The van der Waals surface area contributed by atoms with Crippen LogP contribution in [0, 0.1) is 11.6 Å². The number of pyridine rings is 1. The third-order valence-corrected chi connectivity index (χ3v) is 5.36. The SMILES string of the molecule is C[C@@H]1CN(c2cc(F)c(Cl)c(F)c2)CCN1C(=O)CNc1cnc2[nH]c(=O)oc2c1. The van der Waals surface area contributed by atoms with E-state index in [-0.39, 0.29) is 18.5 Å². The molecule has 158 valence electrons. The number of anilines is 2. The van der Waals surface area contributed by atoms with Crippen molar-refractivity contribution in [2.24, 2.45) is 0 Å². The lowest BCUT2D eigenvalue weighted by Gasteiger charge is -2.41. The van der Waals surface area contributed by atoms with E-state index in [1.165, 1.54) is 18.3 Å². The first-order valence-corrected chi connectivity index (χ1v) is 9.61. The Labute approximate surface area is 174 Å². The van der Waals surface area contributed by atoms with Crippen LogP contribution in [0.5, 0.6) is 0 Å². The topological polar surface area (TPSA) is 94.5 Å². The highest BCUT2D eigenvalue weighted by Gasteiger charge is 2.28. The molecule has 3 heterocycles. The molecule has 2 N–H and O–H groups in total. The number of H-pyrrole nitrogens is 1. The molecule has 1 atom stereocenters. The van der Waals surface area contributed by atoms with Gasteiger partial charge in [-0.1, -0.05) is 11.6 Å². The molecular weight excluding hydrogens is 420 g/mol.